The van der Waals surface area contributed by atoms with Gasteiger partial charge < -0.3 is 24.8 Å². The van der Waals surface area contributed by atoms with E-state index >= 15 is 0 Å². The third-order valence-electron chi connectivity index (χ3n) is 5.89. The van der Waals surface area contributed by atoms with Crippen LogP contribution in [0.15, 0.2) is 60.7 Å². The highest BCUT2D eigenvalue weighted by molar-refractivity contribution is 6.13. The van der Waals surface area contributed by atoms with Crippen LogP contribution in [0.25, 0.3) is 22.2 Å². The van der Waals surface area contributed by atoms with Gasteiger partial charge in [0.2, 0.25) is 5.75 Å². The maximum atomic E-state index is 13.5. The molecule has 0 atom stereocenters. The summed E-state index contributed by atoms with van der Waals surface area (Å²) in [5.41, 5.74) is 4.31. The maximum absolute atomic E-state index is 13.5. The Balaban J connectivity index is 1.79. The first-order chi connectivity index (χ1) is 17.4. The van der Waals surface area contributed by atoms with Crippen molar-refractivity contribution in [1.29, 1.82) is 0 Å². The zero-order valence-electron chi connectivity index (χ0n) is 20.8. The SMILES string of the molecule is CNC(=O)c1ccc(NC(=O)c2cc(-c3cc(OC)c(OC)c(OC)c3)nc3ccccc23)c(C)c1. The van der Waals surface area contributed by atoms with E-state index in [1.807, 2.05) is 31.2 Å². The Hall–Kier alpha value is -4.59. The quantitative estimate of drug-likeness (QED) is 0.388. The highest BCUT2D eigenvalue weighted by Crippen LogP contribution is 2.41. The Morgan fingerprint density at radius 1 is 0.833 bits per heavy atom. The van der Waals surface area contributed by atoms with Gasteiger partial charge in [0, 0.05) is 29.2 Å². The summed E-state index contributed by atoms with van der Waals surface area (Å²) in [5.74, 6) is 0.960. The molecule has 0 aliphatic rings. The lowest BCUT2D eigenvalue weighted by atomic mass is 10.0. The van der Waals surface area contributed by atoms with Crippen LogP contribution in [0.3, 0.4) is 0 Å². The predicted octanol–water partition coefficient (Wildman–Crippen LogP) is 4.85. The summed E-state index contributed by atoms with van der Waals surface area (Å²) >= 11 is 0. The second-order valence-electron chi connectivity index (χ2n) is 8.05. The molecule has 2 amide bonds. The van der Waals surface area contributed by atoms with Crippen LogP contribution in [0.5, 0.6) is 17.2 Å². The van der Waals surface area contributed by atoms with Crippen molar-refractivity contribution in [2.24, 2.45) is 0 Å². The molecule has 8 heteroatoms. The number of para-hydroxylation sites is 1. The lowest BCUT2D eigenvalue weighted by Crippen LogP contribution is -2.18. The zero-order chi connectivity index (χ0) is 25.8. The number of pyridine rings is 1. The van der Waals surface area contributed by atoms with Crippen molar-refractivity contribution in [3.05, 3.63) is 77.4 Å². The number of anilines is 1. The molecule has 4 aromatic rings. The van der Waals surface area contributed by atoms with Crippen LogP contribution in [-0.2, 0) is 0 Å². The number of amides is 2. The molecule has 0 aliphatic carbocycles. The van der Waals surface area contributed by atoms with E-state index in [9.17, 15) is 9.59 Å². The highest BCUT2D eigenvalue weighted by Gasteiger charge is 2.19. The predicted molar refractivity (Wildman–Crippen MR) is 139 cm³/mol. The molecule has 0 saturated heterocycles. The summed E-state index contributed by atoms with van der Waals surface area (Å²) in [7, 11) is 6.21. The number of carbonyl (C=O) groups excluding carboxylic acids is 2. The second-order valence-corrected chi connectivity index (χ2v) is 8.05. The fourth-order valence-corrected chi connectivity index (χ4v) is 4.02. The van der Waals surface area contributed by atoms with Crippen LogP contribution in [0.1, 0.15) is 26.3 Å². The number of aryl methyl sites for hydroxylation is 1. The summed E-state index contributed by atoms with van der Waals surface area (Å²) in [4.78, 5) is 30.2. The summed E-state index contributed by atoms with van der Waals surface area (Å²) in [5, 5.41) is 6.29. The number of fused-ring (bicyclic) bond motifs is 1. The van der Waals surface area contributed by atoms with Crippen molar-refractivity contribution < 1.29 is 23.8 Å². The monoisotopic (exact) mass is 485 g/mol. The molecular weight excluding hydrogens is 458 g/mol. The van der Waals surface area contributed by atoms with Gasteiger partial charge in [0.1, 0.15) is 0 Å². The molecule has 3 aromatic carbocycles. The van der Waals surface area contributed by atoms with E-state index in [4.69, 9.17) is 19.2 Å². The summed E-state index contributed by atoms with van der Waals surface area (Å²) in [6.07, 6.45) is 0. The summed E-state index contributed by atoms with van der Waals surface area (Å²) in [6, 6.07) is 17.9. The average Bonchev–Trinajstić information content (AvgIpc) is 2.91. The van der Waals surface area contributed by atoms with Gasteiger partial charge in [-0.2, -0.15) is 0 Å². The number of ether oxygens (including phenoxy) is 3. The number of methoxy groups -OCH3 is 3. The Kier molecular flexibility index (Phi) is 7.05. The van der Waals surface area contributed by atoms with E-state index in [1.54, 1.807) is 64.8 Å². The van der Waals surface area contributed by atoms with Crippen LogP contribution in [0, 0.1) is 6.92 Å². The van der Waals surface area contributed by atoms with Crippen molar-refractivity contribution in [2.45, 2.75) is 6.92 Å². The molecule has 0 spiro atoms. The van der Waals surface area contributed by atoms with Crippen molar-refractivity contribution >= 4 is 28.4 Å². The average molecular weight is 486 g/mol. The first-order valence-corrected chi connectivity index (χ1v) is 11.2. The number of aromatic nitrogens is 1. The van der Waals surface area contributed by atoms with E-state index in [1.165, 1.54) is 0 Å². The number of hydrogen-bond acceptors (Lipinski definition) is 6. The number of benzene rings is 3. The van der Waals surface area contributed by atoms with Crippen molar-refractivity contribution in [3.8, 4) is 28.5 Å². The highest BCUT2D eigenvalue weighted by atomic mass is 16.5. The largest absolute Gasteiger partial charge is 0.493 e. The van der Waals surface area contributed by atoms with Gasteiger partial charge in [-0.25, -0.2) is 4.98 Å². The first-order valence-electron chi connectivity index (χ1n) is 11.2. The molecule has 0 radical (unpaired) electrons. The van der Waals surface area contributed by atoms with Gasteiger partial charge in [0.05, 0.1) is 38.1 Å². The minimum atomic E-state index is -0.293. The third-order valence-corrected chi connectivity index (χ3v) is 5.89. The topological polar surface area (TPSA) is 98.8 Å². The van der Waals surface area contributed by atoms with Crippen molar-refractivity contribution in [2.75, 3.05) is 33.7 Å². The van der Waals surface area contributed by atoms with Crippen molar-refractivity contribution in [1.82, 2.24) is 10.3 Å². The van der Waals surface area contributed by atoms with Crippen LogP contribution in [-0.4, -0.2) is 45.2 Å². The van der Waals surface area contributed by atoms with Crippen LogP contribution in [0.2, 0.25) is 0 Å². The number of rotatable bonds is 7. The lowest BCUT2D eigenvalue weighted by molar-refractivity contribution is 0.0962. The van der Waals surface area contributed by atoms with Crippen LogP contribution >= 0.6 is 0 Å². The van der Waals surface area contributed by atoms with Gasteiger partial charge in [0.25, 0.3) is 11.8 Å². The molecular formula is C28H27N3O5. The smallest absolute Gasteiger partial charge is 0.256 e. The fraction of sp³-hybridized carbons (Fsp3) is 0.179. The van der Waals surface area contributed by atoms with E-state index < -0.39 is 0 Å². The minimum absolute atomic E-state index is 0.189. The molecule has 0 unspecified atom stereocenters. The van der Waals surface area contributed by atoms with Gasteiger partial charge in [-0.15, -0.1) is 0 Å². The first kappa shape index (κ1) is 24.5. The molecule has 4 rings (SSSR count). The van der Waals surface area contributed by atoms with Gasteiger partial charge in [-0.3, -0.25) is 9.59 Å². The Bertz CT molecular complexity index is 1440. The molecule has 36 heavy (non-hydrogen) atoms. The van der Waals surface area contributed by atoms with Crippen molar-refractivity contribution in [3.63, 3.8) is 0 Å². The molecule has 2 N–H and O–H groups in total. The number of nitrogens with zero attached hydrogens (tertiary/aromatic N) is 1. The zero-order valence-corrected chi connectivity index (χ0v) is 20.8. The minimum Gasteiger partial charge on any atom is -0.493 e. The molecule has 184 valence electrons. The molecule has 0 bridgehead atoms. The van der Waals surface area contributed by atoms with E-state index in [0.717, 1.165) is 5.56 Å². The van der Waals surface area contributed by atoms with Gasteiger partial charge in [-0.1, -0.05) is 18.2 Å². The van der Waals surface area contributed by atoms with Gasteiger partial charge >= 0.3 is 0 Å². The standard InChI is InChI=1S/C28H27N3O5/c1-16-12-17(27(32)29-2)10-11-21(16)31-28(33)20-15-23(30-22-9-7-6-8-19(20)22)18-13-24(34-3)26(36-5)25(14-18)35-4/h6-15H,1-5H3,(H,29,32)(H,31,33). The Labute approximate surface area is 209 Å². The Morgan fingerprint density at radius 3 is 2.14 bits per heavy atom. The number of carbonyl (C=O) groups is 2. The third kappa shape index (κ3) is 4.65. The van der Waals surface area contributed by atoms with E-state index in [0.29, 0.717) is 56.2 Å². The lowest BCUT2D eigenvalue weighted by Gasteiger charge is -2.15. The van der Waals surface area contributed by atoms with E-state index in [2.05, 4.69) is 10.6 Å². The summed E-state index contributed by atoms with van der Waals surface area (Å²) < 4.78 is 16.4. The molecule has 1 aromatic heterocycles. The molecule has 1 heterocycles. The molecule has 0 aliphatic heterocycles. The van der Waals surface area contributed by atoms with E-state index in [-0.39, 0.29) is 11.8 Å². The van der Waals surface area contributed by atoms with Gasteiger partial charge in [-0.05, 0) is 55.0 Å². The normalized spacial score (nSPS) is 10.6. The fourth-order valence-electron chi connectivity index (χ4n) is 4.02. The number of hydrogen-bond donors (Lipinski definition) is 2. The molecule has 0 fully saturated rings. The molecule has 0 saturated carbocycles. The number of nitrogens with one attached hydrogen (secondary N) is 2. The Morgan fingerprint density at radius 2 is 1.53 bits per heavy atom. The van der Waals surface area contributed by atoms with Crippen LogP contribution in [0.4, 0.5) is 5.69 Å². The maximum Gasteiger partial charge on any atom is 0.256 e. The molecule has 8 nitrogen and oxygen atoms in total. The second kappa shape index (κ2) is 10.4. The summed E-state index contributed by atoms with van der Waals surface area (Å²) in [6.45, 7) is 1.84. The van der Waals surface area contributed by atoms with Crippen LogP contribution < -0.4 is 24.8 Å². The van der Waals surface area contributed by atoms with Gasteiger partial charge in [0.15, 0.2) is 11.5 Å².